The minimum absolute atomic E-state index is 0.0316. The van der Waals surface area contributed by atoms with Crippen LogP contribution in [0.25, 0.3) is 0 Å². The molecule has 7 nitrogen and oxygen atoms in total. The lowest BCUT2D eigenvalue weighted by molar-refractivity contribution is -0.0505. The van der Waals surface area contributed by atoms with Crippen molar-refractivity contribution in [1.82, 2.24) is 15.5 Å². The normalized spacial score (nSPS) is 14.0. The number of guanidine groups is 1. The molecule has 0 aromatic heterocycles. The molecule has 1 heterocycles. The molecule has 1 aliphatic rings. The van der Waals surface area contributed by atoms with E-state index in [1.54, 1.807) is 13.1 Å². The minimum Gasteiger partial charge on any atom is -0.454 e. The van der Waals surface area contributed by atoms with E-state index in [-0.39, 0.29) is 24.5 Å². The fourth-order valence-corrected chi connectivity index (χ4v) is 2.94. The highest BCUT2D eigenvalue weighted by Gasteiger charge is 2.21. The van der Waals surface area contributed by atoms with Gasteiger partial charge in [-0.3, -0.25) is 4.99 Å². The molecule has 152 valence electrons. The molecule has 27 heavy (non-hydrogen) atoms. The first-order chi connectivity index (χ1) is 12.7. The maximum Gasteiger partial charge on any atom is 0.387 e. The number of hydrogen-bond acceptors (Lipinski definition) is 5. The van der Waals surface area contributed by atoms with Crippen LogP contribution in [-0.2, 0) is 6.54 Å². The van der Waals surface area contributed by atoms with Crippen molar-refractivity contribution in [3.8, 4) is 17.2 Å². The lowest BCUT2D eigenvalue weighted by Gasteiger charge is -2.29. The van der Waals surface area contributed by atoms with E-state index in [1.165, 1.54) is 6.07 Å². The fourth-order valence-electron chi connectivity index (χ4n) is 2.94. The number of nitrogens with zero attached hydrogens (tertiary/aromatic N) is 2. The first-order valence-corrected chi connectivity index (χ1v) is 8.67. The van der Waals surface area contributed by atoms with Gasteiger partial charge in [0.05, 0.1) is 0 Å². The van der Waals surface area contributed by atoms with E-state index >= 15 is 0 Å². The van der Waals surface area contributed by atoms with Gasteiger partial charge in [-0.05, 0) is 25.6 Å². The third-order valence-corrected chi connectivity index (χ3v) is 3.92. The van der Waals surface area contributed by atoms with E-state index in [2.05, 4.69) is 39.1 Å². The Hall–Kier alpha value is -2.29. The first kappa shape index (κ1) is 21.0. The fraction of sp³-hybridized carbons (Fsp3) is 0.611. The molecule has 2 N–H and O–H groups in total. The number of rotatable bonds is 8. The van der Waals surface area contributed by atoms with E-state index in [0.717, 1.165) is 6.54 Å². The molecule has 9 heteroatoms. The molecular formula is C18H28F2N4O3. The van der Waals surface area contributed by atoms with Crippen LogP contribution in [0.5, 0.6) is 17.2 Å². The van der Waals surface area contributed by atoms with Gasteiger partial charge >= 0.3 is 6.61 Å². The maximum absolute atomic E-state index is 12.7. The van der Waals surface area contributed by atoms with E-state index in [1.807, 2.05) is 14.1 Å². The summed E-state index contributed by atoms with van der Waals surface area (Å²) in [4.78, 5) is 6.31. The molecule has 0 fully saturated rings. The van der Waals surface area contributed by atoms with Gasteiger partial charge in [-0.25, -0.2) is 0 Å². The summed E-state index contributed by atoms with van der Waals surface area (Å²) in [5.41, 5.74) is 0.555. The summed E-state index contributed by atoms with van der Waals surface area (Å²) in [6.07, 6.45) is 0. The Labute approximate surface area is 158 Å². The van der Waals surface area contributed by atoms with Crippen molar-refractivity contribution in [2.45, 2.75) is 27.0 Å². The van der Waals surface area contributed by atoms with E-state index in [9.17, 15) is 8.78 Å². The standard InChI is InChI=1S/C18H28F2N4O3/c1-18(2,10-24(4)5)9-23-17(21-3)22-8-12-6-14-15(26-11-25-14)7-13(12)27-16(19)20/h6-7,16H,8-11H2,1-5H3,(H2,21,22,23). The molecule has 0 bridgehead atoms. The van der Waals surface area contributed by atoms with Crippen LogP contribution in [0.15, 0.2) is 17.1 Å². The van der Waals surface area contributed by atoms with Gasteiger partial charge in [0.2, 0.25) is 6.79 Å². The summed E-state index contributed by atoms with van der Waals surface area (Å²) in [6.45, 7) is 3.29. The SMILES string of the molecule is CN=C(NCc1cc2c(cc1OC(F)F)OCO2)NCC(C)(C)CN(C)C. The monoisotopic (exact) mass is 386 g/mol. The van der Waals surface area contributed by atoms with Crippen LogP contribution in [-0.4, -0.2) is 58.5 Å². The molecule has 1 aromatic rings. The van der Waals surface area contributed by atoms with Crippen LogP contribution < -0.4 is 24.8 Å². The van der Waals surface area contributed by atoms with Crippen LogP contribution in [0.2, 0.25) is 0 Å². The number of fused-ring (bicyclic) bond motifs is 1. The van der Waals surface area contributed by atoms with Gasteiger partial charge in [-0.2, -0.15) is 8.78 Å². The van der Waals surface area contributed by atoms with Gasteiger partial charge in [-0.15, -0.1) is 0 Å². The van der Waals surface area contributed by atoms with Crippen molar-refractivity contribution in [3.05, 3.63) is 17.7 Å². The highest BCUT2D eigenvalue weighted by molar-refractivity contribution is 5.79. The van der Waals surface area contributed by atoms with E-state index < -0.39 is 6.61 Å². The van der Waals surface area contributed by atoms with Crippen LogP contribution in [0.3, 0.4) is 0 Å². The summed E-state index contributed by atoms with van der Waals surface area (Å²) in [7, 11) is 5.71. The zero-order valence-corrected chi connectivity index (χ0v) is 16.4. The largest absolute Gasteiger partial charge is 0.454 e. The summed E-state index contributed by atoms with van der Waals surface area (Å²) in [6, 6.07) is 3.05. The lowest BCUT2D eigenvalue weighted by atomic mass is 9.93. The zero-order valence-electron chi connectivity index (χ0n) is 16.4. The lowest BCUT2D eigenvalue weighted by Crippen LogP contribution is -2.44. The summed E-state index contributed by atoms with van der Waals surface area (Å²) < 4.78 is 40.6. The molecule has 0 atom stereocenters. The molecule has 0 aliphatic carbocycles. The third kappa shape index (κ3) is 6.42. The highest BCUT2D eigenvalue weighted by Crippen LogP contribution is 2.38. The Morgan fingerprint density at radius 2 is 1.93 bits per heavy atom. The number of ether oxygens (including phenoxy) is 3. The second-order valence-corrected chi connectivity index (χ2v) is 7.37. The molecule has 0 unspecified atom stereocenters. The molecule has 0 spiro atoms. The van der Waals surface area contributed by atoms with Crippen molar-refractivity contribution >= 4 is 5.96 Å². The number of alkyl halides is 2. The van der Waals surface area contributed by atoms with E-state index in [4.69, 9.17) is 9.47 Å². The van der Waals surface area contributed by atoms with Crippen molar-refractivity contribution in [1.29, 1.82) is 0 Å². The quantitative estimate of drug-likeness (QED) is 0.528. The molecule has 1 aliphatic heterocycles. The maximum atomic E-state index is 12.7. The van der Waals surface area contributed by atoms with Crippen LogP contribution in [0, 0.1) is 5.41 Å². The average Bonchev–Trinajstić information content (AvgIpc) is 3.00. The summed E-state index contributed by atoms with van der Waals surface area (Å²) in [5.74, 6) is 1.51. The van der Waals surface area contributed by atoms with Gasteiger partial charge in [0, 0.05) is 38.3 Å². The zero-order chi connectivity index (χ0) is 20.0. The van der Waals surface area contributed by atoms with E-state index in [0.29, 0.717) is 29.6 Å². The molecule has 0 saturated carbocycles. The second-order valence-electron chi connectivity index (χ2n) is 7.37. The number of benzene rings is 1. The molecule has 0 radical (unpaired) electrons. The Morgan fingerprint density at radius 3 is 2.52 bits per heavy atom. The van der Waals surface area contributed by atoms with Gasteiger partial charge in [0.1, 0.15) is 5.75 Å². The Bertz CT molecular complexity index is 666. The second kappa shape index (κ2) is 9.07. The predicted molar refractivity (Wildman–Crippen MR) is 99.7 cm³/mol. The molecule has 1 aromatic carbocycles. The van der Waals surface area contributed by atoms with Crippen molar-refractivity contribution in [2.75, 3.05) is 41.0 Å². The van der Waals surface area contributed by atoms with Gasteiger partial charge in [0.25, 0.3) is 0 Å². The minimum atomic E-state index is -2.92. The van der Waals surface area contributed by atoms with Crippen LogP contribution in [0.4, 0.5) is 8.78 Å². The number of halogens is 2. The number of hydrogen-bond donors (Lipinski definition) is 2. The first-order valence-electron chi connectivity index (χ1n) is 8.67. The smallest absolute Gasteiger partial charge is 0.387 e. The summed E-state index contributed by atoms with van der Waals surface area (Å²) in [5, 5.41) is 6.39. The Balaban J connectivity index is 2.01. The molecule has 0 saturated heterocycles. The van der Waals surface area contributed by atoms with Crippen LogP contribution >= 0.6 is 0 Å². The number of aliphatic imine (C=N–C) groups is 1. The molecule has 2 rings (SSSR count). The average molecular weight is 386 g/mol. The molecular weight excluding hydrogens is 358 g/mol. The van der Waals surface area contributed by atoms with Crippen molar-refractivity contribution < 1.29 is 23.0 Å². The topological polar surface area (TPSA) is 67.4 Å². The Morgan fingerprint density at radius 1 is 1.26 bits per heavy atom. The molecule has 0 amide bonds. The van der Waals surface area contributed by atoms with Gasteiger partial charge < -0.3 is 29.7 Å². The van der Waals surface area contributed by atoms with Gasteiger partial charge in [0.15, 0.2) is 17.5 Å². The van der Waals surface area contributed by atoms with Crippen molar-refractivity contribution in [3.63, 3.8) is 0 Å². The van der Waals surface area contributed by atoms with Crippen LogP contribution in [0.1, 0.15) is 19.4 Å². The van der Waals surface area contributed by atoms with Gasteiger partial charge in [-0.1, -0.05) is 13.8 Å². The predicted octanol–water partition coefficient (Wildman–Crippen LogP) is 2.27. The highest BCUT2D eigenvalue weighted by atomic mass is 19.3. The summed E-state index contributed by atoms with van der Waals surface area (Å²) >= 11 is 0. The number of nitrogens with one attached hydrogen (secondary N) is 2. The Kier molecular flexibility index (Phi) is 7.06. The third-order valence-electron chi connectivity index (χ3n) is 3.92. The van der Waals surface area contributed by atoms with Crippen molar-refractivity contribution in [2.24, 2.45) is 10.4 Å².